The topological polar surface area (TPSA) is 27.7 Å². The van der Waals surface area contributed by atoms with Gasteiger partial charge in [-0.3, -0.25) is 0 Å². The van der Waals surface area contributed by atoms with Gasteiger partial charge in [0, 0.05) is 13.7 Å². The molecule has 0 aromatic heterocycles. The van der Waals surface area contributed by atoms with Gasteiger partial charge in [-0.2, -0.15) is 0 Å². The minimum absolute atomic E-state index is 0.665. The molecule has 3 heteroatoms. The van der Waals surface area contributed by atoms with Crippen molar-refractivity contribution in [3.8, 4) is 0 Å². The second kappa shape index (κ2) is 18.9. The zero-order valence-corrected chi connectivity index (χ0v) is 13.8. The molecule has 0 radical (unpaired) electrons. The van der Waals surface area contributed by atoms with Gasteiger partial charge >= 0.3 is 0 Å². The molecule has 0 aliphatic carbocycles. The van der Waals surface area contributed by atoms with E-state index >= 15 is 0 Å². The molecule has 0 aliphatic rings. The summed E-state index contributed by atoms with van der Waals surface area (Å²) in [4.78, 5) is 0. The van der Waals surface area contributed by atoms with Gasteiger partial charge < -0.3 is 14.2 Å². The van der Waals surface area contributed by atoms with Gasteiger partial charge in [-0.25, -0.2) is 0 Å². The first-order chi connectivity index (χ1) is 9.91. The van der Waals surface area contributed by atoms with E-state index in [0.29, 0.717) is 26.4 Å². The first-order valence-electron chi connectivity index (χ1n) is 8.56. The summed E-state index contributed by atoms with van der Waals surface area (Å²) in [5.41, 5.74) is 0. The Hall–Kier alpha value is -0.120. The van der Waals surface area contributed by atoms with Gasteiger partial charge in [-0.15, -0.1) is 0 Å². The highest BCUT2D eigenvalue weighted by Crippen LogP contribution is 2.10. The Bertz CT molecular complexity index is 144. The summed E-state index contributed by atoms with van der Waals surface area (Å²) < 4.78 is 15.7. The van der Waals surface area contributed by atoms with Gasteiger partial charge in [0.1, 0.15) is 0 Å². The smallest absolute Gasteiger partial charge is 0.0701 e. The third kappa shape index (κ3) is 17.9. The lowest BCUT2D eigenvalue weighted by Crippen LogP contribution is -2.08. The van der Waals surface area contributed by atoms with Gasteiger partial charge in [-0.05, 0) is 6.42 Å². The minimum Gasteiger partial charge on any atom is -0.382 e. The van der Waals surface area contributed by atoms with Crippen molar-refractivity contribution >= 4 is 0 Å². The maximum Gasteiger partial charge on any atom is 0.0701 e. The maximum atomic E-state index is 5.52. The summed E-state index contributed by atoms with van der Waals surface area (Å²) in [6.07, 6.45) is 13.7. The van der Waals surface area contributed by atoms with Gasteiger partial charge in [-0.1, -0.05) is 64.7 Å². The highest BCUT2D eigenvalue weighted by molar-refractivity contribution is 4.47. The number of unbranched alkanes of at least 4 members (excludes halogenated alkanes) is 9. The third-order valence-electron chi connectivity index (χ3n) is 3.45. The molecular weight excluding hydrogens is 252 g/mol. The molecule has 0 spiro atoms. The number of hydrogen-bond donors (Lipinski definition) is 0. The first-order valence-corrected chi connectivity index (χ1v) is 8.56. The van der Waals surface area contributed by atoms with Crippen molar-refractivity contribution in [3.63, 3.8) is 0 Å². The van der Waals surface area contributed by atoms with Crippen LogP contribution in [0.1, 0.15) is 71.1 Å². The lowest BCUT2D eigenvalue weighted by molar-refractivity contribution is 0.0239. The van der Waals surface area contributed by atoms with E-state index in [9.17, 15) is 0 Å². The molecule has 0 aliphatic heterocycles. The maximum absolute atomic E-state index is 5.52. The van der Waals surface area contributed by atoms with Crippen molar-refractivity contribution in [1.29, 1.82) is 0 Å². The molecule has 0 saturated heterocycles. The van der Waals surface area contributed by atoms with Crippen LogP contribution >= 0.6 is 0 Å². The molecule has 0 unspecified atom stereocenters. The molecule has 3 nitrogen and oxygen atoms in total. The lowest BCUT2D eigenvalue weighted by atomic mass is 10.1. The summed E-state index contributed by atoms with van der Waals surface area (Å²) in [5.74, 6) is 0. The average Bonchev–Trinajstić information content (AvgIpc) is 2.47. The first kappa shape index (κ1) is 19.9. The third-order valence-corrected chi connectivity index (χ3v) is 3.45. The van der Waals surface area contributed by atoms with Crippen molar-refractivity contribution in [3.05, 3.63) is 0 Å². The van der Waals surface area contributed by atoms with Crippen molar-refractivity contribution in [2.75, 3.05) is 40.1 Å². The molecule has 0 rings (SSSR count). The van der Waals surface area contributed by atoms with Crippen LogP contribution < -0.4 is 0 Å². The second-order valence-corrected chi connectivity index (χ2v) is 5.40. The van der Waals surface area contributed by atoms with Crippen molar-refractivity contribution in [2.24, 2.45) is 0 Å². The van der Waals surface area contributed by atoms with Crippen LogP contribution in [-0.4, -0.2) is 40.1 Å². The molecule has 0 saturated carbocycles. The number of methoxy groups -OCH3 is 1. The van der Waals surface area contributed by atoms with Crippen molar-refractivity contribution < 1.29 is 14.2 Å². The van der Waals surface area contributed by atoms with Gasteiger partial charge in [0.2, 0.25) is 0 Å². The normalized spacial score (nSPS) is 11.1. The Kier molecular flexibility index (Phi) is 18.8. The van der Waals surface area contributed by atoms with Crippen LogP contribution in [0.2, 0.25) is 0 Å². The zero-order chi connectivity index (χ0) is 14.7. The Morgan fingerprint density at radius 2 is 0.950 bits per heavy atom. The molecule has 0 N–H and O–H groups in total. The largest absolute Gasteiger partial charge is 0.382 e. The van der Waals surface area contributed by atoms with E-state index in [2.05, 4.69) is 6.92 Å². The van der Waals surface area contributed by atoms with Crippen LogP contribution in [0, 0.1) is 0 Å². The Labute approximate surface area is 126 Å². The molecule has 20 heavy (non-hydrogen) atoms. The van der Waals surface area contributed by atoms with Crippen LogP contribution in [-0.2, 0) is 14.2 Å². The van der Waals surface area contributed by atoms with E-state index in [-0.39, 0.29) is 0 Å². The fourth-order valence-electron chi connectivity index (χ4n) is 2.16. The number of ether oxygens (including phenoxy) is 3. The molecule has 0 fully saturated rings. The van der Waals surface area contributed by atoms with Crippen LogP contribution in [0.5, 0.6) is 0 Å². The highest BCUT2D eigenvalue weighted by Gasteiger charge is 1.93. The highest BCUT2D eigenvalue weighted by atomic mass is 16.5. The van der Waals surface area contributed by atoms with Gasteiger partial charge in [0.15, 0.2) is 0 Å². The predicted octanol–water partition coefficient (Wildman–Crippen LogP) is 4.59. The SMILES string of the molecule is CCCCCCCCCCCCOCCOCCOC. The Balaban J connectivity index is 2.89. The van der Waals surface area contributed by atoms with E-state index in [0.717, 1.165) is 6.61 Å². The Morgan fingerprint density at radius 1 is 0.500 bits per heavy atom. The minimum atomic E-state index is 0.665. The fourth-order valence-corrected chi connectivity index (χ4v) is 2.16. The number of rotatable bonds is 17. The molecule has 0 amide bonds. The lowest BCUT2D eigenvalue weighted by Gasteiger charge is -2.05. The monoisotopic (exact) mass is 288 g/mol. The molecule has 0 heterocycles. The quantitative estimate of drug-likeness (QED) is 0.366. The molecular formula is C17H36O3. The van der Waals surface area contributed by atoms with E-state index in [1.54, 1.807) is 7.11 Å². The van der Waals surface area contributed by atoms with E-state index < -0.39 is 0 Å². The second-order valence-electron chi connectivity index (χ2n) is 5.40. The summed E-state index contributed by atoms with van der Waals surface area (Å²) in [6.45, 7) is 5.87. The van der Waals surface area contributed by atoms with E-state index in [1.165, 1.54) is 64.2 Å². The van der Waals surface area contributed by atoms with Crippen LogP contribution in [0.3, 0.4) is 0 Å². The standard InChI is InChI=1S/C17H36O3/c1-3-4-5-6-7-8-9-10-11-12-13-19-16-17-20-15-14-18-2/h3-17H2,1-2H3. The molecule has 0 bridgehead atoms. The zero-order valence-electron chi connectivity index (χ0n) is 13.8. The fraction of sp³-hybridized carbons (Fsp3) is 1.00. The summed E-state index contributed by atoms with van der Waals surface area (Å²) in [6, 6.07) is 0. The molecule has 0 aromatic rings. The average molecular weight is 288 g/mol. The molecule has 0 aromatic carbocycles. The van der Waals surface area contributed by atoms with Gasteiger partial charge in [0.25, 0.3) is 0 Å². The van der Waals surface area contributed by atoms with Crippen molar-refractivity contribution in [2.45, 2.75) is 71.1 Å². The predicted molar refractivity (Wildman–Crippen MR) is 85.4 cm³/mol. The molecule has 0 atom stereocenters. The van der Waals surface area contributed by atoms with Crippen LogP contribution in [0.4, 0.5) is 0 Å². The van der Waals surface area contributed by atoms with Crippen LogP contribution in [0.25, 0.3) is 0 Å². The van der Waals surface area contributed by atoms with Gasteiger partial charge in [0.05, 0.1) is 26.4 Å². The van der Waals surface area contributed by atoms with Crippen molar-refractivity contribution in [1.82, 2.24) is 0 Å². The summed E-state index contributed by atoms with van der Waals surface area (Å²) >= 11 is 0. The van der Waals surface area contributed by atoms with E-state index in [1.807, 2.05) is 0 Å². The summed E-state index contributed by atoms with van der Waals surface area (Å²) in [5, 5.41) is 0. The summed E-state index contributed by atoms with van der Waals surface area (Å²) in [7, 11) is 1.69. The molecule has 122 valence electrons. The van der Waals surface area contributed by atoms with E-state index in [4.69, 9.17) is 14.2 Å². The number of hydrogen-bond acceptors (Lipinski definition) is 3. The Morgan fingerprint density at radius 3 is 1.50 bits per heavy atom. The van der Waals surface area contributed by atoms with Crippen LogP contribution in [0.15, 0.2) is 0 Å².